The molecule has 0 unspecified atom stereocenters. The summed E-state index contributed by atoms with van der Waals surface area (Å²) in [5.74, 6) is -2.80. The lowest BCUT2D eigenvalue weighted by Gasteiger charge is -2.40. The van der Waals surface area contributed by atoms with E-state index in [1.807, 2.05) is 0 Å². The number of aliphatic carboxylic acids is 1. The molecular formula is C29H25Cl2FN2O6. The van der Waals surface area contributed by atoms with Gasteiger partial charge >= 0.3 is 5.97 Å². The summed E-state index contributed by atoms with van der Waals surface area (Å²) >= 11 is 12.2. The number of nitrogens with zero attached hydrogens (tertiary/aromatic N) is 2. The van der Waals surface area contributed by atoms with Gasteiger partial charge in [-0.1, -0.05) is 35.3 Å². The van der Waals surface area contributed by atoms with E-state index in [1.165, 1.54) is 24.1 Å². The molecule has 208 valence electrons. The second-order valence-electron chi connectivity index (χ2n) is 10.1. The molecule has 1 aliphatic heterocycles. The Morgan fingerprint density at radius 2 is 1.77 bits per heavy atom. The maximum atomic E-state index is 16.1. The number of hydrogen-bond acceptors (Lipinski definition) is 6. The van der Waals surface area contributed by atoms with Gasteiger partial charge in [0, 0.05) is 27.8 Å². The molecule has 1 aromatic heterocycles. The van der Waals surface area contributed by atoms with Crippen molar-refractivity contribution in [3.8, 4) is 0 Å². The van der Waals surface area contributed by atoms with Crippen molar-refractivity contribution in [3.63, 3.8) is 0 Å². The number of halogens is 3. The van der Waals surface area contributed by atoms with Crippen molar-refractivity contribution in [2.45, 2.75) is 32.0 Å². The summed E-state index contributed by atoms with van der Waals surface area (Å²) in [6, 6.07) is 12.3. The molecule has 1 saturated carbocycles. The fourth-order valence-electron chi connectivity index (χ4n) is 4.92. The fraction of sp³-hybridized carbons (Fsp3) is 0.310. The van der Waals surface area contributed by atoms with Gasteiger partial charge in [-0.25, -0.2) is 9.18 Å². The number of fused-ring (bicyclic) bond motifs is 1. The SMILES string of the molecule is CC(=O)c1cc(F)c2c(c1)C(=O)N(Cc1ccc(Cl)cn1)[C@@]2(OCC1(COCC(=O)O)CC1)c1ccc(Cl)cc1. The van der Waals surface area contributed by atoms with Crippen LogP contribution in [0.1, 0.15) is 57.3 Å². The highest BCUT2D eigenvalue weighted by atomic mass is 35.5. The summed E-state index contributed by atoms with van der Waals surface area (Å²) in [4.78, 5) is 42.9. The maximum Gasteiger partial charge on any atom is 0.329 e. The molecule has 1 fully saturated rings. The van der Waals surface area contributed by atoms with E-state index >= 15 is 4.39 Å². The van der Waals surface area contributed by atoms with Gasteiger partial charge in [0.2, 0.25) is 0 Å². The number of pyridine rings is 1. The first kappa shape index (κ1) is 28.2. The zero-order valence-electron chi connectivity index (χ0n) is 21.5. The zero-order valence-corrected chi connectivity index (χ0v) is 23.0. The van der Waals surface area contributed by atoms with Gasteiger partial charge in [0.15, 0.2) is 11.5 Å². The number of rotatable bonds is 11. The van der Waals surface area contributed by atoms with Crippen LogP contribution in [-0.2, 0) is 26.5 Å². The Labute approximate surface area is 239 Å². The maximum absolute atomic E-state index is 16.1. The first-order valence-electron chi connectivity index (χ1n) is 12.5. The highest BCUT2D eigenvalue weighted by molar-refractivity contribution is 6.30. The molecule has 0 saturated heterocycles. The number of amides is 1. The number of hydrogen-bond donors (Lipinski definition) is 1. The van der Waals surface area contributed by atoms with E-state index in [9.17, 15) is 14.4 Å². The van der Waals surface area contributed by atoms with Crippen LogP contribution < -0.4 is 0 Å². The smallest absolute Gasteiger partial charge is 0.329 e. The lowest BCUT2D eigenvalue weighted by Crippen LogP contribution is -2.48. The highest BCUT2D eigenvalue weighted by Crippen LogP contribution is 2.52. The fourth-order valence-corrected chi connectivity index (χ4v) is 5.16. The summed E-state index contributed by atoms with van der Waals surface area (Å²) in [6.07, 6.45) is 2.85. The van der Waals surface area contributed by atoms with Gasteiger partial charge in [-0.15, -0.1) is 0 Å². The minimum Gasteiger partial charge on any atom is -0.480 e. The van der Waals surface area contributed by atoms with Crippen LogP contribution in [0.25, 0.3) is 0 Å². The molecule has 1 N–H and O–H groups in total. The predicted molar refractivity (Wildman–Crippen MR) is 144 cm³/mol. The van der Waals surface area contributed by atoms with Gasteiger partial charge in [-0.2, -0.15) is 0 Å². The predicted octanol–water partition coefficient (Wildman–Crippen LogP) is 5.49. The van der Waals surface area contributed by atoms with Crippen LogP contribution in [0, 0.1) is 11.2 Å². The average Bonchev–Trinajstić information content (AvgIpc) is 3.64. The Hall–Kier alpha value is -3.37. The highest BCUT2D eigenvalue weighted by Gasteiger charge is 2.56. The normalized spacial score (nSPS) is 19.0. The van der Waals surface area contributed by atoms with Crippen LogP contribution in [0.4, 0.5) is 4.39 Å². The Morgan fingerprint density at radius 1 is 1.07 bits per heavy atom. The lowest BCUT2D eigenvalue weighted by atomic mass is 9.91. The first-order chi connectivity index (χ1) is 19.0. The molecule has 2 aliphatic rings. The van der Waals surface area contributed by atoms with E-state index in [2.05, 4.69) is 4.98 Å². The van der Waals surface area contributed by atoms with Crippen LogP contribution in [-0.4, -0.2) is 52.5 Å². The van der Waals surface area contributed by atoms with Crippen molar-refractivity contribution in [3.05, 3.63) is 98.5 Å². The summed E-state index contributed by atoms with van der Waals surface area (Å²) in [6.45, 7) is 0.946. The van der Waals surface area contributed by atoms with Crippen molar-refractivity contribution in [2.24, 2.45) is 5.41 Å². The molecule has 11 heteroatoms. The molecule has 1 amide bonds. The van der Waals surface area contributed by atoms with Crippen LogP contribution >= 0.6 is 23.2 Å². The van der Waals surface area contributed by atoms with E-state index in [4.69, 9.17) is 37.8 Å². The molecule has 5 rings (SSSR count). The van der Waals surface area contributed by atoms with E-state index in [1.54, 1.807) is 36.4 Å². The second kappa shape index (κ2) is 10.9. The molecule has 2 aromatic carbocycles. The molecule has 40 heavy (non-hydrogen) atoms. The quantitative estimate of drug-likeness (QED) is 0.296. The summed E-state index contributed by atoms with van der Waals surface area (Å²) in [7, 11) is 0. The minimum atomic E-state index is -1.75. The number of aromatic nitrogens is 1. The Kier molecular flexibility index (Phi) is 7.67. The van der Waals surface area contributed by atoms with E-state index in [0.717, 1.165) is 6.07 Å². The number of ketones is 1. The molecule has 1 atom stereocenters. The minimum absolute atomic E-state index is 0.00101. The molecule has 3 aromatic rings. The summed E-state index contributed by atoms with van der Waals surface area (Å²) in [5, 5.41) is 9.82. The van der Waals surface area contributed by atoms with Crippen LogP contribution in [0.5, 0.6) is 0 Å². The molecule has 2 heterocycles. The lowest BCUT2D eigenvalue weighted by molar-refractivity contribution is -0.147. The molecule has 0 radical (unpaired) electrons. The molecule has 1 aliphatic carbocycles. The number of ether oxygens (including phenoxy) is 2. The first-order valence-corrected chi connectivity index (χ1v) is 13.3. The number of carboxylic acids is 1. The molecule has 0 bridgehead atoms. The topological polar surface area (TPSA) is 106 Å². The number of carboxylic acid groups (broad SMARTS) is 1. The van der Waals surface area contributed by atoms with E-state index in [-0.39, 0.29) is 36.4 Å². The Balaban J connectivity index is 1.65. The van der Waals surface area contributed by atoms with Crippen molar-refractivity contribution in [1.82, 2.24) is 9.88 Å². The van der Waals surface area contributed by atoms with Crippen molar-refractivity contribution in [1.29, 1.82) is 0 Å². The largest absolute Gasteiger partial charge is 0.480 e. The third-order valence-electron chi connectivity index (χ3n) is 7.21. The van der Waals surface area contributed by atoms with Crippen LogP contribution in [0.3, 0.4) is 0 Å². The number of benzene rings is 2. The summed E-state index contributed by atoms with van der Waals surface area (Å²) < 4.78 is 28.1. The number of carbonyl (C=O) groups is 3. The standard InChI is InChI=1S/C29H25Cl2FN2O6/c1-17(35)18-10-23-26(24(32)11-18)29(19-2-4-20(30)5-3-19,40-16-28(8-9-28)15-39-14-25(36)37)34(27(23)38)13-22-7-6-21(31)12-33-22/h2-7,10-12H,8-9,13-16H2,1H3,(H,36,37)/t29-/m1/s1. The van der Waals surface area contributed by atoms with Crippen molar-refractivity contribution < 1.29 is 33.4 Å². The summed E-state index contributed by atoms with van der Waals surface area (Å²) in [5.41, 5.74) is -1.30. The third kappa shape index (κ3) is 5.34. The van der Waals surface area contributed by atoms with Gasteiger partial charge in [-0.3, -0.25) is 19.5 Å². The van der Waals surface area contributed by atoms with E-state index in [0.29, 0.717) is 34.1 Å². The second-order valence-corrected chi connectivity index (χ2v) is 11.0. The van der Waals surface area contributed by atoms with Crippen molar-refractivity contribution in [2.75, 3.05) is 19.8 Å². The van der Waals surface area contributed by atoms with Crippen molar-refractivity contribution >= 4 is 40.9 Å². The number of carbonyl (C=O) groups excluding carboxylic acids is 2. The van der Waals surface area contributed by atoms with Crippen LogP contribution in [0.15, 0.2) is 54.7 Å². The number of Topliss-reactive ketones (excluding diaryl/α,β-unsaturated/α-hetero) is 1. The molecule has 0 spiro atoms. The third-order valence-corrected chi connectivity index (χ3v) is 7.69. The van der Waals surface area contributed by atoms with E-state index < -0.39 is 41.2 Å². The van der Waals surface area contributed by atoms with Gasteiger partial charge in [0.1, 0.15) is 12.4 Å². The van der Waals surface area contributed by atoms with Gasteiger partial charge in [0.25, 0.3) is 5.91 Å². The van der Waals surface area contributed by atoms with Gasteiger partial charge in [0.05, 0.1) is 41.6 Å². The Morgan fingerprint density at radius 3 is 2.38 bits per heavy atom. The van der Waals surface area contributed by atoms with Gasteiger partial charge < -0.3 is 14.6 Å². The zero-order chi connectivity index (χ0) is 28.7. The van der Waals surface area contributed by atoms with Gasteiger partial charge in [-0.05, 0) is 56.2 Å². The average molecular weight is 587 g/mol. The van der Waals surface area contributed by atoms with Crippen LogP contribution in [0.2, 0.25) is 10.0 Å². The monoisotopic (exact) mass is 586 g/mol. The molecular weight excluding hydrogens is 562 g/mol. The molecule has 8 nitrogen and oxygen atoms in total. The Bertz CT molecular complexity index is 1480.